The molecular weight excluding hydrogens is 448 g/mol. The number of ether oxygens (including phenoxy) is 1. The average Bonchev–Trinajstić information content (AvgIpc) is 3.41. The van der Waals surface area contributed by atoms with E-state index in [0.29, 0.717) is 30.6 Å². The first kappa shape index (κ1) is 23.7. The Morgan fingerprint density at radius 1 is 1.09 bits per heavy atom. The molecular formula is C23H25ClN4O3S. The topological polar surface area (TPSA) is 71.7 Å². The number of anilines is 1. The van der Waals surface area contributed by atoms with Gasteiger partial charge in [-0.2, -0.15) is 0 Å². The molecule has 0 N–H and O–H groups in total. The van der Waals surface area contributed by atoms with Gasteiger partial charge in [0.15, 0.2) is 16.6 Å². The van der Waals surface area contributed by atoms with Crippen LogP contribution in [0.4, 0.5) is 5.13 Å². The van der Waals surface area contributed by atoms with Gasteiger partial charge in [-0.25, -0.2) is 4.98 Å². The number of hydrogen-bond donors (Lipinski definition) is 0. The third-order valence-corrected chi connectivity index (χ3v) is 5.74. The largest absolute Gasteiger partial charge is 0.494 e. The van der Waals surface area contributed by atoms with E-state index in [-0.39, 0.29) is 24.0 Å². The molecule has 7 nitrogen and oxygen atoms in total. The highest BCUT2D eigenvalue weighted by atomic mass is 35.5. The average molecular weight is 473 g/mol. The molecule has 0 aliphatic heterocycles. The molecule has 0 bridgehead atoms. The summed E-state index contributed by atoms with van der Waals surface area (Å²) in [4.78, 5) is 21.8. The van der Waals surface area contributed by atoms with Crippen molar-refractivity contribution >= 4 is 45.0 Å². The van der Waals surface area contributed by atoms with E-state index in [1.807, 2.05) is 74.4 Å². The van der Waals surface area contributed by atoms with Gasteiger partial charge >= 0.3 is 0 Å². The van der Waals surface area contributed by atoms with Gasteiger partial charge in [0.05, 0.1) is 16.8 Å². The van der Waals surface area contributed by atoms with E-state index in [9.17, 15) is 4.79 Å². The Bertz CT molecular complexity index is 1180. The molecule has 0 saturated carbocycles. The van der Waals surface area contributed by atoms with Crippen molar-refractivity contribution < 1.29 is 14.1 Å². The fourth-order valence-electron chi connectivity index (χ4n) is 3.10. The molecule has 0 aliphatic rings. The zero-order valence-corrected chi connectivity index (χ0v) is 19.8. The fraction of sp³-hybridized carbons (Fsp3) is 0.261. The minimum absolute atomic E-state index is 0. The highest BCUT2D eigenvalue weighted by molar-refractivity contribution is 7.22. The number of rotatable bonds is 8. The zero-order chi connectivity index (χ0) is 21.8. The van der Waals surface area contributed by atoms with Crippen molar-refractivity contribution in [3.63, 3.8) is 0 Å². The fourth-order valence-corrected chi connectivity index (χ4v) is 4.12. The SMILES string of the molecule is CCOc1ccc2nc(N(CCN(C)C)C(=O)c3cc(-c4ccccc4)on3)sc2c1.Cl. The highest BCUT2D eigenvalue weighted by Gasteiger charge is 2.25. The van der Waals surface area contributed by atoms with Crippen LogP contribution in [0.3, 0.4) is 0 Å². The molecule has 0 unspecified atom stereocenters. The minimum atomic E-state index is -0.239. The molecule has 4 aromatic rings. The van der Waals surface area contributed by atoms with Gasteiger partial charge in [0.25, 0.3) is 5.91 Å². The van der Waals surface area contributed by atoms with Crippen LogP contribution in [0.25, 0.3) is 21.5 Å². The lowest BCUT2D eigenvalue weighted by atomic mass is 10.1. The van der Waals surface area contributed by atoms with Gasteiger partial charge in [-0.1, -0.05) is 46.8 Å². The minimum Gasteiger partial charge on any atom is -0.494 e. The molecule has 32 heavy (non-hydrogen) atoms. The number of hydrogen-bond acceptors (Lipinski definition) is 7. The van der Waals surface area contributed by atoms with E-state index >= 15 is 0 Å². The van der Waals surface area contributed by atoms with Gasteiger partial charge in [0.2, 0.25) is 0 Å². The molecule has 1 amide bonds. The number of benzene rings is 2. The highest BCUT2D eigenvalue weighted by Crippen LogP contribution is 2.32. The van der Waals surface area contributed by atoms with Crippen LogP contribution in [0.5, 0.6) is 5.75 Å². The molecule has 0 fully saturated rings. The summed E-state index contributed by atoms with van der Waals surface area (Å²) in [7, 11) is 3.94. The van der Waals surface area contributed by atoms with Crippen LogP contribution in [-0.4, -0.2) is 54.7 Å². The van der Waals surface area contributed by atoms with E-state index in [0.717, 1.165) is 21.5 Å². The van der Waals surface area contributed by atoms with Crippen LogP contribution in [0.1, 0.15) is 17.4 Å². The van der Waals surface area contributed by atoms with Crippen LogP contribution in [0.15, 0.2) is 59.1 Å². The van der Waals surface area contributed by atoms with Crippen molar-refractivity contribution in [3.8, 4) is 17.1 Å². The number of amides is 1. The van der Waals surface area contributed by atoms with E-state index < -0.39 is 0 Å². The Kier molecular flexibility index (Phi) is 7.84. The maximum absolute atomic E-state index is 13.4. The van der Waals surface area contributed by atoms with E-state index in [1.165, 1.54) is 11.3 Å². The third kappa shape index (κ3) is 5.27. The summed E-state index contributed by atoms with van der Waals surface area (Å²) >= 11 is 1.46. The van der Waals surface area contributed by atoms with Crippen LogP contribution >= 0.6 is 23.7 Å². The first-order valence-electron chi connectivity index (χ1n) is 10.1. The smallest absolute Gasteiger partial charge is 0.282 e. The van der Waals surface area contributed by atoms with Crippen LogP contribution < -0.4 is 9.64 Å². The Hall–Kier alpha value is -2.94. The maximum atomic E-state index is 13.4. The number of carbonyl (C=O) groups is 1. The Morgan fingerprint density at radius 2 is 1.88 bits per heavy atom. The van der Waals surface area contributed by atoms with Crippen molar-refractivity contribution in [2.75, 3.05) is 38.7 Å². The lowest BCUT2D eigenvalue weighted by Crippen LogP contribution is -2.36. The number of thiazole rings is 1. The van der Waals surface area contributed by atoms with Gasteiger partial charge in [-0.3, -0.25) is 9.69 Å². The number of nitrogens with zero attached hydrogens (tertiary/aromatic N) is 4. The first-order valence-corrected chi connectivity index (χ1v) is 10.9. The van der Waals surface area contributed by atoms with Crippen molar-refractivity contribution in [1.82, 2.24) is 15.0 Å². The van der Waals surface area contributed by atoms with Crippen molar-refractivity contribution in [2.45, 2.75) is 6.92 Å². The summed E-state index contributed by atoms with van der Waals surface area (Å²) in [5.74, 6) is 1.11. The second-order valence-corrected chi connectivity index (χ2v) is 8.27. The number of carbonyl (C=O) groups excluding carboxylic acids is 1. The van der Waals surface area contributed by atoms with Crippen LogP contribution in [0, 0.1) is 0 Å². The maximum Gasteiger partial charge on any atom is 0.282 e. The van der Waals surface area contributed by atoms with Gasteiger partial charge < -0.3 is 14.2 Å². The van der Waals surface area contributed by atoms with Crippen molar-refractivity contribution in [1.29, 1.82) is 0 Å². The first-order chi connectivity index (χ1) is 15.0. The second-order valence-electron chi connectivity index (χ2n) is 7.26. The normalized spacial score (nSPS) is 10.9. The Balaban J connectivity index is 0.00000289. The van der Waals surface area contributed by atoms with Crippen LogP contribution in [-0.2, 0) is 0 Å². The molecule has 0 aliphatic carbocycles. The molecule has 0 spiro atoms. The molecule has 0 radical (unpaired) electrons. The lowest BCUT2D eigenvalue weighted by Gasteiger charge is -2.20. The Labute approximate surface area is 197 Å². The molecule has 2 aromatic heterocycles. The number of halogens is 1. The summed E-state index contributed by atoms with van der Waals surface area (Å²) in [6.07, 6.45) is 0. The summed E-state index contributed by atoms with van der Waals surface area (Å²) in [6.45, 7) is 3.72. The second kappa shape index (κ2) is 10.6. The predicted molar refractivity (Wildman–Crippen MR) is 130 cm³/mol. The summed E-state index contributed by atoms with van der Waals surface area (Å²) in [6, 6.07) is 17.0. The number of likely N-dealkylation sites (N-methyl/N-ethyl adjacent to an activating group) is 1. The molecule has 0 saturated heterocycles. The van der Waals surface area contributed by atoms with Crippen molar-refractivity contribution in [3.05, 3.63) is 60.3 Å². The summed E-state index contributed by atoms with van der Waals surface area (Å²) < 4.78 is 12.0. The number of fused-ring (bicyclic) bond motifs is 1. The summed E-state index contributed by atoms with van der Waals surface area (Å²) in [5.41, 5.74) is 1.96. The summed E-state index contributed by atoms with van der Waals surface area (Å²) in [5, 5.41) is 4.66. The molecule has 0 atom stereocenters. The van der Waals surface area contributed by atoms with Gasteiger partial charge in [0.1, 0.15) is 5.75 Å². The quantitative estimate of drug-likeness (QED) is 0.360. The lowest BCUT2D eigenvalue weighted by molar-refractivity contribution is 0.0976. The standard InChI is InChI=1S/C23H24N4O3S.ClH/c1-4-29-17-10-11-18-21(14-17)31-23(24-18)27(13-12-26(2)3)22(28)19-15-20(30-25-19)16-8-6-5-7-9-16;/h5-11,14-15H,4,12-13H2,1-3H3;1H. The van der Waals surface area contributed by atoms with Gasteiger partial charge in [-0.05, 0) is 39.2 Å². The van der Waals surface area contributed by atoms with Gasteiger partial charge in [-0.15, -0.1) is 12.4 Å². The Morgan fingerprint density at radius 3 is 2.59 bits per heavy atom. The van der Waals surface area contributed by atoms with Gasteiger partial charge in [0, 0.05) is 24.7 Å². The molecule has 168 valence electrons. The third-order valence-electron chi connectivity index (χ3n) is 4.69. The molecule has 9 heteroatoms. The molecule has 2 aromatic carbocycles. The van der Waals surface area contributed by atoms with E-state index in [1.54, 1.807) is 11.0 Å². The predicted octanol–water partition coefficient (Wildman–Crippen LogP) is 4.98. The molecule has 4 rings (SSSR count). The molecule has 2 heterocycles. The monoisotopic (exact) mass is 472 g/mol. The van der Waals surface area contributed by atoms with E-state index in [2.05, 4.69) is 5.16 Å². The zero-order valence-electron chi connectivity index (χ0n) is 18.1. The van der Waals surface area contributed by atoms with Crippen molar-refractivity contribution in [2.24, 2.45) is 0 Å². The van der Waals surface area contributed by atoms with E-state index in [4.69, 9.17) is 14.2 Å². The van der Waals surface area contributed by atoms with Crippen LogP contribution in [0.2, 0.25) is 0 Å². The number of aromatic nitrogens is 2.